The van der Waals surface area contributed by atoms with Crippen LogP contribution in [0, 0.1) is 0 Å². The highest BCUT2D eigenvalue weighted by Gasteiger charge is 2.20. The van der Waals surface area contributed by atoms with Gasteiger partial charge in [0.2, 0.25) is 0 Å². The van der Waals surface area contributed by atoms with E-state index in [2.05, 4.69) is 19.6 Å². The number of aromatic nitrogens is 2. The number of hydrogen-bond donors (Lipinski definition) is 1. The van der Waals surface area contributed by atoms with Crippen molar-refractivity contribution in [1.82, 2.24) is 9.78 Å². The molecule has 0 amide bonds. The Morgan fingerprint density at radius 2 is 2.35 bits per heavy atom. The maximum absolute atomic E-state index is 11.5. The first-order valence-electron chi connectivity index (χ1n) is 4.84. The Labute approximate surface area is 99.8 Å². The molecule has 1 rings (SSSR count). The minimum Gasteiger partial charge on any atom is -0.462 e. The number of ether oxygens (including phenoxy) is 1. The fourth-order valence-corrected chi connectivity index (χ4v) is 1.47. The summed E-state index contributed by atoms with van der Waals surface area (Å²) in [4.78, 5) is 33.3. The molecule has 0 radical (unpaired) electrons. The molecule has 1 N–H and O–H groups in total. The molecule has 17 heavy (non-hydrogen) atoms. The van der Waals surface area contributed by atoms with E-state index in [1.807, 2.05) is 0 Å². The van der Waals surface area contributed by atoms with Gasteiger partial charge in [-0.25, -0.2) is 4.79 Å². The number of carbonyl (C=O) groups is 3. The van der Waals surface area contributed by atoms with Crippen LogP contribution in [-0.2, 0) is 9.53 Å². The number of hydrogen-bond acceptors (Lipinski definition) is 6. The van der Waals surface area contributed by atoms with Gasteiger partial charge in [0.05, 0.1) is 19.2 Å². The Morgan fingerprint density at radius 3 is 2.88 bits per heavy atom. The number of nitrogens with one attached hydrogen (secondary N) is 1. The lowest BCUT2D eigenvalue weighted by Gasteiger charge is -2.05. The van der Waals surface area contributed by atoms with Gasteiger partial charge >= 0.3 is 5.97 Å². The van der Waals surface area contributed by atoms with Gasteiger partial charge in [0.15, 0.2) is 5.82 Å². The predicted molar refractivity (Wildman–Crippen MR) is 62.8 cm³/mol. The van der Waals surface area contributed by atoms with E-state index >= 15 is 0 Å². The molecule has 0 spiro atoms. The molecule has 8 heteroatoms. The zero-order valence-electron chi connectivity index (χ0n) is 9.17. The number of aldehydes is 1. The monoisotopic (exact) mass is 257 g/mol. The van der Waals surface area contributed by atoms with Gasteiger partial charge in [-0.2, -0.15) is 9.78 Å². The summed E-state index contributed by atoms with van der Waals surface area (Å²) < 4.78 is 5.75. The summed E-state index contributed by atoms with van der Waals surface area (Å²) in [5.74, 6) is -0.927. The minimum atomic E-state index is -0.581. The predicted octanol–water partition coefficient (Wildman–Crippen LogP) is 0.491. The largest absolute Gasteiger partial charge is 0.462 e. The van der Waals surface area contributed by atoms with Gasteiger partial charge in [0.25, 0.3) is 5.91 Å². The second-order valence-corrected chi connectivity index (χ2v) is 3.24. The van der Waals surface area contributed by atoms with E-state index in [0.29, 0.717) is 6.29 Å². The molecule has 0 aliphatic rings. The van der Waals surface area contributed by atoms with Crippen LogP contribution in [0.5, 0.6) is 0 Å². The number of esters is 1. The fourth-order valence-electron chi connectivity index (χ4n) is 1.19. The van der Waals surface area contributed by atoms with Gasteiger partial charge in [-0.3, -0.25) is 4.79 Å². The maximum Gasteiger partial charge on any atom is 0.343 e. The van der Waals surface area contributed by atoms with Crippen LogP contribution in [0.2, 0.25) is 0 Å². The number of carbonyl (C=O) groups excluding carboxylic acids is 3. The Balaban J connectivity index is 3.06. The Bertz CT molecular complexity index is 443. The van der Waals surface area contributed by atoms with E-state index in [4.69, 9.17) is 4.74 Å². The van der Waals surface area contributed by atoms with Crippen LogP contribution in [0.4, 0.5) is 5.82 Å². The molecule has 0 saturated carbocycles. The number of nitrogens with zero attached hydrogens (tertiary/aromatic N) is 2. The second kappa shape index (κ2) is 6.10. The zero-order valence-corrected chi connectivity index (χ0v) is 10.3. The van der Waals surface area contributed by atoms with Gasteiger partial charge in [-0.05, 0) is 16.3 Å². The van der Waals surface area contributed by atoms with Gasteiger partial charge in [-0.15, -0.1) is 0 Å². The minimum absolute atomic E-state index is 0.140. The molecular weight excluding hydrogens is 245 g/mol. The molecule has 1 unspecified atom stereocenters. The molecule has 7 nitrogen and oxygen atoms in total. The highest BCUT2D eigenvalue weighted by Crippen LogP contribution is 2.18. The van der Waals surface area contributed by atoms with E-state index < -0.39 is 11.9 Å². The van der Waals surface area contributed by atoms with Crippen molar-refractivity contribution in [1.29, 1.82) is 0 Å². The van der Waals surface area contributed by atoms with E-state index in [9.17, 15) is 14.4 Å². The first kappa shape index (κ1) is 13.3. The average Bonchev–Trinajstić information content (AvgIpc) is 2.73. The average molecular weight is 257 g/mol. The van der Waals surface area contributed by atoms with Crippen molar-refractivity contribution < 1.29 is 19.1 Å². The summed E-state index contributed by atoms with van der Waals surface area (Å²) in [6.07, 6.45) is 1.39. The fraction of sp³-hybridized carbons (Fsp3) is 0.333. The first-order chi connectivity index (χ1) is 8.15. The quantitative estimate of drug-likeness (QED) is 0.357. The molecule has 1 heterocycles. The highest BCUT2D eigenvalue weighted by atomic mass is 31.0. The van der Waals surface area contributed by atoms with Crippen molar-refractivity contribution in [2.75, 3.05) is 11.7 Å². The van der Waals surface area contributed by atoms with Crippen LogP contribution >= 0.6 is 9.39 Å². The van der Waals surface area contributed by atoms with Gasteiger partial charge in [0.1, 0.15) is 11.8 Å². The zero-order chi connectivity index (χ0) is 12.8. The van der Waals surface area contributed by atoms with Gasteiger partial charge in [-0.1, -0.05) is 0 Å². The van der Waals surface area contributed by atoms with Crippen molar-refractivity contribution >= 4 is 33.4 Å². The Hall–Kier alpha value is -1.75. The molecule has 0 aliphatic heterocycles. The lowest BCUT2D eigenvalue weighted by Crippen LogP contribution is -2.15. The Kier molecular flexibility index (Phi) is 4.78. The van der Waals surface area contributed by atoms with Crippen LogP contribution in [-0.4, -0.2) is 34.6 Å². The molecule has 0 aromatic carbocycles. The molecule has 0 saturated heterocycles. The summed E-state index contributed by atoms with van der Waals surface area (Å²) in [5.41, 5.74) is 0.140. The van der Waals surface area contributed by atoms with Crippen molar-refractivity contribution in [3.63, 3.8) is 0 Å². The third-order valence-electron chi connectivity index (χ3n) is 1.90. The molecule has 1 atom stereocenters. The molecule has 1 aromatic rings. The molecular formula is C9H12N3O4P. The standard InChI is InChI=1S/C9H12N3O4P/c1-2-16-9(15)6-5-10-12(8(6)11-17)7(14)3-4-13/h4-5,11H,2-3,17H2,1H3. The van der Waals surface area contributed by atoms with Crippen molar-refractivity contribution in [3.05, 3.63) is 11.8 Å². The van der Waals surface area contributed by atoms with Crippen LogP contribution in [0.15, 0.2) is 6.20 Å². The summed E-state index contributed by atoms with van der Waals surface area (Å²) >= 11 is 0. The lowest BCUT2D eigenvalue weighted by atomic mass is 10.3. The lowest BCUT2D eigenvalue weighted by molar-refractivity contribution is -0.107. The Morgan fingerprint density at radius 1 is 1.65 bits per heavy atom. The summed E-state index contributed by atoms with van der Waals surface area (Å²) in [6, 6.07) is 0. The summed E-state index contributed by atoms with van der Waals surface area (Å²) in [7, 11) is 2.16. The molecule has 0 aliphatic carbocycles. The van der Waals surface area contributed by atoms with Gasteiger partial charge in [0, 0.05) is 0 Å². The third-order valence-corrected chi connectivity index (χ3v) is 2.17. The topological polar surface area (TPSA) is 90.3 Å². The number of rotatable bonds is 5. The smallest absolute Gasteiger partial charge is 0.343 e. The van der Waals surface area contributed by atoms with Crippen molar-refractivity contribution in [3.8, 4) is 0 Å². The second-order valence-electron chi connectivity index (χ2n) is 2.95. The summed E-state index contributed by atoms with van der Waals surface area (Å²) in [5, 5.41) is 6.34. The highest BCUT2D eigenvalue weighted by molar-refractivity contribution is 7.18. The van der Waals surface area contributed by atoms with Crippen LogP contribution in [0.25, 0.3) is 0 Å². The van der Waals surface area contributed by atoms with Crippen LogP contribution in [0.3, 0.4) is 0 Å². The summed E-state index contributed by atoms with van der Waals surface area (Å²) in [6.45, 7) is 1.90. The first-order valence-corrected chi connectivity index (χ1v) is 5.42. The van der Waals surface area contributed by atoms with Crippen molar-refractivity contribution in [2.45, 2.75) is 13.3 Å². The van der Waals surface area contributed by atoms with Crippen LogP contribution < -0.4 is 5.09 Å². The molecule has 0 fully saturated rings. The van der Waals surface area contributed by atoms with E-state index in [-0.39, 0.29) is 24.4 Å². The number of anilines is 1. The van der Waals surface area contributed by atoms with Gasteiger partial charge < -0.3 is 14.6 Å². The van der Waals surface area contributed by atoms with E-state index in [1.165, 1.54) is 6.20 Å². The van der Waals surface area contributed by atoms with E-state index in [0.717, 1.165) is 4.68 Å². The molecule has 92 valence electrons. The normalized spacial score (nSPS) is 9.76. The third kappa shape index (κ3) is 2.88. The molecule has 0 bridgehead atoms. The maximum atomic E-state index is 11.5. The van der Waals surface area contributed by atoms with E-state index in [1.54, 1.807) is 6.92 Å². The SMILES string of the molecule is CCOC(=O)c1cnn(C(=O)CC=O)c1NP. The van der Waals surface area contributed by atoms with Crippen LogP contribution in [0.1, 0.15) is 28.5 Å². The van der Waals surface area contributed by atoms with Crippen molar-refractivity contribution in [2.24, 2.45) is 0 Å². The molecule has 1 aromatic heterocycles.